The molecule has 116 valence electrons. The lowest BCUT2D eigenvalue weighted by Crippen LogP contribution is -2.43. The first kappa shape index (κ1) is 16.1. The summed E-state index contributed by atoms with van der Waals surface area (Å²) in [6.07, 6.45) is 3.98. The highest BCUT2D eigenvalue weighted by molar-refractivity contribution is 7.92. The van der Waals surface area contributed by atoms with Crippen LogP contribution in [0.25, 0.3) is 0 Å². The number of halogens is 1. The number of amides is 1. The SMILES string of the molecule is CS(=O)(=O)Nc1ccc(NC(=O)[C@H]2CCCCN2)cc1Cl. The number of hydrogen-bond donors (Lipinski definition) is 3. The number of carbonyl (C=O) groups is 1. The molecule has 1 heterocycles. The zero-order valence-corrected chi connectivity index (χ0v) is 13.2. The van der Waals surface area contributed by atoms with Crippen molar-refractivity contribution in [3.8, 4) is 0 Å². The van der Waals surface area contributed by atoms with Gasteiger partial charge in [-0.1, -0.05) is 18.0 Å². The van der Waals surface area contributed by atoms with Crippen LogP contribution in [0.5, 0.6) is 0 Å². The molecule has 2 rings (SSSR count). The largest absolute Gasteiger partial charge is 0.325 e. The van der Waals surface area contributed by atoms with Crippen molar-refractivity contribution < 1.29 is 13.2 Å². The monoisotopic (exact) mass is 331 g/mol. The van der Waals surface area contributed by atoms with Crippen molar-refractivity contribution in [2.45, 2.75) is 25.3 Å². The summed E-state index contributed by atoms with van der Waals surface area (Å²) in [6, 6.07) is 4.47. The topological polar surface area (TPSA) is 87.3 Å². The van der Waals surface area contributed by atoms with Gasteiger partial charge in [0.05, 0.1) is 23.0 Å². The van der Waals surface area contributed by atoms with E-state index in [4.69, 9.17) is 11.6 Å². The number of piperidine rings is 1. The fraction of sp³-hybridized carbons (Fsp3) is 0.462. The van der Waals surface area contributed by atoms with Gasteiger partial charge < -0.3 is 10.6 Å². The Kier molecular flexibility index (Phi) is 5.08. The van der Waals surface area contributed by atoms with Crippen LogP contribution in [0.3, 0.4) is 0 Å². The zero-order chi connectivity index (χ0) is 15.5. The van der Waals surface area contributed by atoms with Gasteiger partial charge >= 0.3 is 0 Å². The maximum Gasteiger partial charge on any atom is 0.241 e. The summed E-state index contributed by atoms with van der Waals surface area (Å²) in [4.78, 5) is 12.1. The van der Waals surface area contributed by atoms with E-state index < -0.39 is 10.0 Å². The fourth-order valence-corrected chi connectivity index (χ4v) is 3.04. The Morgan fingerprint density at radius 1 is 1.38 bits per heavy atom. The van der Waals surface area contributed by atoms with E-state index in [1.165, 1.54) is 12.1 Å². The predicted molar refractivity (Wildman–Crippen MR) is 84.2 cm³/mol. The quantitative estimate of drug-likeness (QED) is 0.785. The Hall–Kier alpha value is -1.31. The second-order valence-electron chi connectivity index (χ2n) is 5.06. The van der Waals surface area contributed by atoms with Gasteiger partial charge in [-0.05, 0) is 37.6 Å². The lowest BCUT2D eigenvalue weighted by molar-refractivity contribution is -0.118. The molecule has 0 spiro atoms. The number of carbonyl (C=O) groups excluding carboxylic acids is 1. The van der Waals surface area contributed by atoms with Crippen LogP contribution in [-0.4, -0.2) is 33.2 Å². The number of rotatable bonds is 4. The Bertz CT molecular complexity index is 628. The van der Waals surface area contributed by atoms with Crippen LogP contribution < -0.4 is 15.4 Å². The molecule has 3 N–H and O–H groups in total. The third-order valence-corrected chi connectivity index (χ3v) is 4.06. The molecule has 0 aliphatic carbocycles. The van der Waals surface area contributed by atoms with Gasteiger partial charge in [-0.15, -0.1) is 0 Å². The molecule has 1 saturated heterocycles. The maximum atomic E-state index is 12.1. The van der Waals surface area contributed by atoms with E-state index >= 15 is 0 Å². The molecule has 1 aliphatic heterocycles. The van der Waals surface area contributed by atoms with Crippen LogP contribution in [0, 0.1) is 0 Å². The third kappa shape index (κ3) is 4.87. The molecule has 1 atom stereocenters. The third-order valence-electron chi connectivity index (χ3n) is 3.16. The zero-order valence-electron chi connectivity index (χ0n) is 11.6. The van der Waals surface area contributed by atoms with Crippen LogP contribution >= 0.6 is 11.6 Å². The standard InChI is InChI=1S/C13H18ClN3O3S/c1-21(19,20)17-11-6-5-9(8-10(11)14)16-13(18)12-4-2-3-7-15-12/h5-6,8,12,15,17H,2-4,7H2,1H3,(H,16,18)/t12-/m1/s1. The predicted octanol–water partition coefficient (Wildman–Crippen LogP) is 1.79. The molecule has 0 aromatic heterocycles. The van der Waals surface area contributed by atoms with E-state index in [0.29, 0.717) is 5.69 Å². The Labute approximate surface area is 129 Å². The number of hydrogen-bond acceptors (Lipinski definition) is 4. The highest BCUT2D eigenvalue weighted by Crippen LogP contribution is 2.26. The summed E-state index contributed by atoms with van der Waals surface area (Å²) in [5, 5.41) is 6.17. The molecule has 21 heavy (non-hydrogen) atoms. The fourth-order valence-electron chi connectivity index (χ4n) is 2.18. The van der Waals surface area contributed by atoms with E-state index in [9.17, 15) is 13.2 Å². The number of nitrogens with one attached hydrogen (secondary N) is 3. The first-order valence-corrected chi connectivity index (χ1v) is 8.94. The molecule has 0 radical (unpaired) electrons. The van der Waals surface area contributed by atoms with Crippen molar-refractivity contribution in [3.05, 3.63) is 23.2 Å². The summed E-state index contributed by atoms with van der Waals surface area (Å²) in [6.45, 7) is 0.843. The molecule has 1 fully saturated rings. The summed E-state index contributed by atoms with van der Waals surface area (Å²) >= 11 is 6.01. The normalized spacial score (nSPS) is 19.0. The average Bonchev–Trinajstić information content (AvgIpc) is 2.41. The Morgan fingerprint density at radius 3 is 2.71 bits per heavy atom. The molecule has 0 unspecified atom stereocenters. The Balaban J connectivity index is 2.04. The molecular weight excluding hydrogens is 314 g/mol. The van der Waals surface area contributed by atoms with Crippen LogP contribution in [0.4, 0.5) is 11.4 Å². The van der Waals surface area contributed by atoms with Gasteiger partial charge in [-0.25, -0.2) is 8.42 Å². The molecule has 1 aromatic rings. The second-order valence-corrected chi connectivity index (χ2v) is 7.22. The maximum absolute atomic E-state index is 12.1. The van der Waals surface area contributed by atoms with Crippen LogP contribution in [-0.2, 0) is 14.8 Å². The minimum absolute atomic E-state index is 0.102. The highest BCUT2D eigenvalue weighted by atomic mass is 35.5. The van der Waals surface area contributed by atoms with Gasteiger partial charge in [-0.3, -0.25) is 9.52 Å². The lowest BCUT2D eigenvalue weighted by atomic mass is 10.0. The Morgan fingerprint density at radius 2 is 2.14 bits per heavy atom. The first-order chi connectivity index (χ1) is 9.85. The van der Waals surface area contributed by atoms with E-state index in [2.05, 4.69) is 15.4 Å². The van der Waals surface area contributed by atoms with Crippen molar-refractivity contribution in [1.82, 2.24) is 5.32 Å². The van der Waals surface area contributed by atoms with Crippen molar-refractivity contribution in [1.29, 1.82) is 0 Å². The molecule has 0 saturated carbocycles. The molecular formula is C13H18ClN3O3S. The molecule has 8 heteroatoms. The van der Waals surface area contributed by atoms with Gasteiger partial charge in [0.15, 0.2) is 0 Å². The molecule has 1 amide bonds. The first-order valence-electron chi connectivity index (χ1n) is 6.67. The average molecular weight is 332 g/mol. The van der Waals surface area contributed by atoms with Crippen molar-refractivity contribution in [3.63, 3.8) is 0 Å². The highest BCUT2D eigenvalue weighted by Gasteiger charge is 2.20. The van der Waals surface area contributed by atoms with Gasteiger partial charge in [0.2, 0.25) is 15.9 Å². The van der Waals surface area contributed by atoms with Crippen LogP contribution in [0.1, 0.15) is 19.3 Å². The minimum Gasteiger partial charge on any atom is -0.325 e. The summed E-state index contributed by atoms with van der Waals surface area (Å²) < 4.78 is 24.7. The summed E-state index contributed by atoms with van der Waals surface area (Å²) in [7, 11) is -3.38. The molecule has 1 aromatic carbocycles. The number of anilines is 2. The lowest BCUT2D eigenvalue weighted by Gasteiger charge is -2.22. The van der Waals surface area contributed by atoms with E-state index in [1.54, 1.807) is 6.07 Å². The number of sulfonamides is 1. The van der Waals surface area contributed by atoms with Crippen molar-refractivity contribution >= 4 is 38.9 Å². The summed E-state index contributed by atoms with van der Waals surface area (Å²) in [5.41, 5.74) is 0.824. The van der Waals surface area contributed by atoms with Crippen molar-refractivity contribution in [2.75, 3.05) is 22.8 Å². The van der Waals surface area contributed by atoms with E-state index in [0.717, 1.165) is 32.1 Å². The van der Waals surface area contributed by atoms with Gasteiger partial charge in [0.25, 0.3) is 0 Å². The van der Waals surface area contributed by atoms with E-state index in [-0.39, 0.29) is 22.7 Å². The van der Waals surface area contributed by atoms with E-state index in [1.807, 2.05) is 0 Å². The summed E-state index contributed by atoms with van der Waals surface area (Å²) in [5.74, 6) is -0.102. The van der Waals surface area contributed by atoms with Crippen LogP contribution in [0.2, 0.25) is 5.02 Å². The van der Waals surface area contributed by atoms with Crippen molar-refractivity contribution in [2.24, 2.45) is 0 Å². The smallest absolute Gasteiger partial charge is 0.241 e. The molecule has 6 nitrogen and oxygen atoms in total. The second kappa shape index (κ2) is 6.64. The van der Waals surface area contributed by atoms with Crippen LogP contribution in [0.15, 0.2) is 18.2 Å². The molecule has 1 aliphatic rings. The number of benzene rings is 1. The minimum atomic E-state index is -3.38. The van der Waals surface area contributed by atoms with Gasteiger partial charge in [0, 0.05) is 5.69 Å². The molecule has 0 bridgehead atoms. The van der Waals surface area contributed by atoms with Gasteiger partial charge in [-0.2, -0.15) is 0 Å². The van der Waals surface area contributed by atoms with Gasteiger partial charge in [0.1, 0.15) is 0 Å².